The first-order valence-electron chi connectivity index (χ1n) is 9.14. The third kappa shape index (κ3) is 3.94. The fourth-order valence-electron chi connectivity index (χ4n) is 3.00. The van der Waals surface area contributed by atoms with Crippen LogP contribution in [0.3, 0.4) is 0 Å². The summed E-state index contributed by atoms with van der Waals surface area (Å²) in [5.41, 5.74) is 0.841. The first-order chi connectivity index (χ1) is 13.5. The van der Waals surface area contributed by atoms with Gasteiger partial charge in [-0.25, -0.2) is 4.98 Å². The van der Waals surface area contributed by atoms with Gasteiger partial charge >= 0.3 is 0 Å². The van der Waals surface area contributed by atoms with E-state index >= 15 is 0 Å². The monoisotopic (exact) mass is 433 g/mol. The van der Waals surface area contributed by atoms with E-state index in [9.17, 15) is 9.59 Å². The number of hydrogen-bond donors (Lipinski definition) is 0. The highest BCUT2D eigenvalue weighted by Gasteiger charge is 2.23. The summed E-state index contributed by atoms with van der Waals surface area (Å²) in [6.45, 7) is 11.3. The number of rotatable bonds is 8. The molecule has 0 saturated heterocycles. The van der Waals surface area contributed by atoms with E-state index < -0.39 is 0 Å². The quantitative estimate of drug-likeness (QED) is 0.293. The Balaban J connectivity index is 2.06. The molecular formula is C20H23N3O2S3. The van der Waals surface area contributed by atoms with Crippen molar-refractivity contribution < 1.29 is 4.79 Å². The molecule has 0 saturated carbocycles. The van der Waals surface area contributed by atoms with Crippen molar-refractivity contribution in [2.24, 2.45) is 0 Å². The molecule has 0 fully saturated rings. The maximum absolute atomic E-state index is 13.3. The van der Waals surface area contributed by atoms with Crippen LogP contribution in [-0.2, 0) is 11.3 Å². The van der Waals surface area contributed by atoms with Gasteiger partial charge in [-0.05, 0) is 32.2 Å². The summed E-state index contributed by atoms with van der Waals surface area (Å²) in [5, 5.41) is 4.87. The summed E-state index contributed by atoms with van der Waals surface area (Å²) in [6, 6.07) is 3.99. The predicted octanol–water partition coefficient (Wildman–Crippen LogP) is 4.72. The van der Waals surface area contributed by atoms with Crippen molar-refractivity contribution in [3.8, 4) is 10.4 Å². The molecule has 28 heavy (non-hydrogen) atoms. The van der Waals surface area contributed by atoms with E-state index in [0.29, 0.717) is 35.0 Å². The fraction of sp³-hybridized carbons (Fsp3) is 0.350. The van der Waals surface area contributed by atoms with E-state index in [0.717, 1.165) is 10.4 Å². The Morgan fingerprint density at radius 1 is 1.39 bits per heavy atom. The van der Waals surface area contributed by atoms with E-state index in [4.69, 9.17) is 4.98 Å². The maximum Gasteiger partial charge on any atom is 0.263 e. The molecule has 0 aliphatic heterocycles. The Hall–Kier alpha value is -1.90. The predicted molar refractivity (Wildman–Crippen MR) is 121 cm³/mol. The number of thiophene rings is 2. The Morgan fingerprint density at radius 2 is 2.14 bits per heavy atom. The summed E-state index contributed by atoms with van der Waals surface area (Å²) < 4.78 is 1.62. The molecule has 3 heterocycles. The van der Waals surface area contributed by atoms with Gasteiger partial charge in [-0.3, -0.25) is 14.2 Å². The van der Waals surface area contributed by atoms with Gasteiger partial charge in [0.25, 0.3) is 5.56 Å². The molecule has 0 aliphatic rings. The lowest BCUT2D eigenvalue weighted by molar-refractivity contribution is -0.129. The number of thioether (sulfide) groups is 1. The molecule has 1 atom stereocenters. The van der Waals surface area contributed by atoms with Gasteiger partial charge in [-0.15, -0.1) is 29.3 Å². The number of nitrogens with zero attached hydrogens (tertiary/aromatic N) is 3. The van der Waals surface area contributed by atoms with Crippen molar-refractivity contribution >= 4 is 50.6 Å². The van der Waals surface area contributed by atoms with Gasteiger partial charge in [-0.1, -0.05) is 23.9 Å². The van der Waals surface area contributed by atoms with Crippen LogP contribution in [0.4, 0.5) is 0 Å². The number of hydrogen-bond acceptors (Lipinski definition) is 6. The van der Waals surface area contributed by atoms with E-state index in [-0.39, 0.29) is 16.7 Å². The van der Waals surface area contributed by atoms with Gasteiger partial charge in [0.2, 0.25) is 5.91 Å². The summed E-state index contributed by atoms with van der Waals surface area (Å²) in [6.07, 6.45) is 1.69. The van der Waals surface area contributed by atoms with Gasteiger partial charge < -0.3 is 4.90 Å². The molecule has 5 nitrogen and oxygen atoms in total. The topological polar surface area (TPSA) is 55.2 Å². The Labute approximate surface area is 176 Å². The van der Waals surface area contributed by atoms with Crippen LogP contribution in [-0.4, -0.2) is 38.7 Å². The largest absolute Gasteiger partial charge is 0.342 e. The highest BCUT2D eigenvalue weighted by atomic mass is 32.2. The van der Waals surface area contributed by atoms with Crippen LogP contribution in [0.5, 0.6) is 0 Å². The highest BCUT2D eigenvalue weighted by Crippen LogP contribution is 2.35. The van der Waals surface area contributed by atoms with Crippen LogP contribution < -0.4 is 5.56 Å². The first-order valence-corrected chi connectivity index (χ1v) is 11.8. The molecule has 0 spiro atoms. The summed E-state index contributed by atoms with van der Waals surface area (Å²) >= 11 is 4.41. The molecule has 1 unspecified atom stereocenters. The second kappa shape index (κ2) is 9.07. The van der Waals surface area contributed by atoms with Crippen molar-refractivity contribution in [3.63, 3.8) is 0 Å². The minimum absolute atomic E-state index is 0.0555. The lowest BCUT2D eigenvalue weighted by atomic mass is 10.2. The molecule has 0 N–H and O–H groups in total. The first kappa shape index (κ1) is 20.8. The standard InChI is InChI=1S/C20H23N3O2S3/c1-5-10-23-19(25)16-14(15-9-8-11-26-15)12-27-17(16)21-20(23)28-13(4)18(24)22(6-2)7-3/h5,8-9,11-13H,1,6-7,10H2,2-4H3. The van der Waals surface area contributed by atoms with E-state index in [1.165, 1.54) is 23.1 Å². The molecule has 0 aromatic carbocycles. The molecule has 3 aromatic heterocycles. The number of aromatic nitrogens is 2. The third-order valence-corrected chi connectivity index (χ3v) is 7.32. The van der Waals surface area contributed by atoms with E-state index in [1.54, 1.807) is 26.9 Å². The zero-order valence-corrected chi connectivity index (χ0v) is 18.6. The van der Waals surface area contributed by atoms with Crippen LogP contribution >= 0.6 is 34.4 Å². The van der Waals surface area contributed by atoms with Gasteiger partial charge in [0.15, 0.2) is 5.16 Å². The Morgan fingerprint density at radius 3 is 2.75 bits per heavy atom. The summed E-state index contributed by atoms with van der Waals surface area (Å²) in [7, 11) is 0. The number of amides is 1. The van der Waals surface area contributed by atoms with Crippen LogP contribution in [0.15, 0.2) is 45.5 Å². The van der Waals surface area contributed by atoms with Gasteiger partial charge in [0.1, 0.15) is 4.83 Å². The SMILES string of the molecule is C=CCn1c(SC(C)C(=O)N(CC)CC)nc2scc(-c3cccs3)c2c1=O. The normalized spacial score (nSPS) is 12.2. The van der Waals surface area contributed by atoms with Crippen molar-refractivity contribution in [3.05, 3.63) is 45.9 Å². The molecule has 0 bridgehead atoms. The minimum Gasteiger partial charge on any atom is -0.342 e. The Bertz CT molecular complexity index is 1030. The molecule has 3 aromatic rings. The maximum atomic E-state index is 13.3. The van der Waals surface area contributed by atoms with E-state index in [2.05, 4.69) is 6.58 Å². The second-order valence-electron chi connectivity index (χ2n) is 6.18. The van der Waals surface area contributed by atoms with Crippen LogP contribution in [0.25, 0.3) is 20.7 Å². The van der Waals surface area contributed by atoms with Gasteiger partial charge in [-0.2, -0.15) is 0 Å². The lowest BCUT2D eigenvalue weighted by Crippen LogP contribution is -2.36. The summed E-state index contributed by atoms with van der Waals surface area (Å²) in [4.78, 5) is 34.3. The lowest BCUT2D eigenvalue weighted by Gasteiger charge is -2.22. The molecular weight excluding hydrogens is 410 g/mol. The Kier molecular flexibility index (Phi) is 6.74. The minimum atomic E-state index is -0.322. The average Bonchev–Trinajstić information content (AvgIpc) is 3.35. The van der Waals surface area contributed by atoms with Crippen molar-refractivity contribution in [1.82, 2.24) is 14.5 Å². The smallest absolute Gasteiger partial charge is 0.263 e. The number of fused-ring (bicyclic) bond motifs is 1. The van der Waals surface area contributed by atoms with Crippen molar-refractivity contribution in [2.75, 3.05) is 13.1 Å². The number of carbonyl (C=O) groups excluding carboxylic acids is 1. The van der Waals surface area contributed by atoms with Crippen LogP contribution in [0.2, 0.25) is 0 Å². The number of carbonyl (C=O) groups is 1. The molecule has 3 rings (SSSR count). The van der Waals surface area contributed by atoms with Crippen molar-refractivity contribution in [2.45, 2.75) is 37.7 Å². The zero-order chi connectivity index (χ0) is 20.3. The fourth-order valence-corrected chi connectivity index (χ4v) is 5.80. The molecule has 0 aliphatic carbocycles. The third-order valence-electron chi connectivity index (χ3n) is 4.46. The van der Waals surface area contributed by atoms with Crippen LogP contribution in [0, 0.1) is 0 Å². The second-order valence-corrected chi connectivity index (χ2v) is 9.29. The van der Waals surface area contributed by atoms with Gasteiger partial charge in [0, 0.05) is 35.5 Å². The highest BCUT2D eigenvalue weighted by molar-refractivity contribution is 8.00. The zero-order valence-electron chi connectivity index (χ0n) is 16.2. The molecule has 1 amide bonds. The number of allylic oxidation sites excluding steroid dienone is 1. The molecule has 148 valence electrons. The van der Waals surface area contributed by atoms with Crippen LogP contribution in [0.1, 0.15) is 20.8 Å². The average molecular weight is 434 g/mol. The van der Waals surface area contributed by atoms with Crippen molar-refractivity contribution in [1.29, 1.82) is 0 Å². The van der Waals surface area contributed by atoms with Gasteiger partial charge in [0.05, 0.1) is 10.6 Å². The van der Waals surface area contributed by atoms with E-state index in [1.807, 2.05) is 43.7 Å². The molecule has 8 heteroatoms. The summed E-state index contributed by atoms with van der Waals surface area (Å²) in [5.74, 6) is 0.0555. The molecule has 0 radical (unpaired) electrons.